The molecule has 0 aliphatic heterocycles. The molecule has 0 aliphatic carbocycles. The van der Waals surface area contributed by atoms with Gasteiger partial charge in [-0.05, 0) is 24.6 Å². The summed E-state index contributed by atoms with van der Waals surface area (Å²) in [6, 6.07) is 7.34. The molecule has 5 nitrogen and oxygen atoms in total. The van der Waals surface area contributed by atoms with Crippen molar-refractivity contribution in [3.8, 4) is 12.3 Å². The fourth-order valence-electron chi connectivity index (χ4n) is 1.55. The SMILES string of the molecule is C#CCNC(=NCc1ccc(C(=O)NC)cc1)NCC. The molecule has 0 aliphatic rings. The Morgan fingerprint density at radius 1 is 1.30 bits per heavy atom. The summed E-state index contributed by atoms with van der Waals surface area (Å²) in [6.07, 6.45) is 5.21. The Morgan fingerprint density at radius 3 is 2.55 bits per heavy atom. The molecule has 0 radical (unpaired) electrons. The van der Waals surface area contributed by atoms with E-state index in [0.29, 0.717) is 24.6 Å². The van der Waals surface area contributed by atoms with Gasteiger partial charge in [-0.15, -0.1) is 6.42 Å². The van der Waals surface area contributed by atoms with E-state index in [0.717, 1.165) is 12.1 Å². The highest BCUT2D eigenvalue weighted by Crippen LogP contribution is 2.05. The molecule has 1 amide bonds. The fraction of sp³-hybridized carbons (Fsp3) is 0.333. The van der Waals surface area contributed by atoms with Gasteiger partial charge in [-0.3, -0.25) is 4.79 Å². The van der Waals surface area contributed by atoms with Crippen LogP contribution in [0.15, 0.2) is 29.3 Å². The van der Waals surface area contributed by atoms with Crippen molar-refractivity contribution >= 4 is 11.9 Å². The van der Waals surface area contributed by atoms with Gasteiger partial charge < -0.3 is 16.0 Å². The first-order chi connectivity index (χ1) is 9.71. The van der Waals surface area contributed by atoms with Gasteiger partial charge in [-0.1, -0.05) is 18.1 Å². The van der Waals surface area contributed by atoms with Crippen LogP contribution in [-0.4, -0.2) is 32.0 Å². The number of hydrogen-bond acceptors (Lipinski definition) is 2. The van der Waals surface area contributed by atoms with E-state index >= 15 is 0 Å². The van der Waals surface area contributed by atoms with Crippen LogP contribution in [0.4, 0.5) is 0 Å². The van der Waals surface area contributed by atoms with E-state index in [9.17, 15) is 4.79 Å². The molecule has 0 saturated heterocycles. The Kier molecular flexibility index (Phi) is 6.69. The summed E-state index contributed by atoms with van der Waals surface area (Å²) in [6.45, 7) is 3.71. The molecule has 20 heavy (non-hydrogen) atoms. The van der Waals surface area contributed by atoms with Gasteiger partial charge in [-0.2, -0.15) is 0 Å². The molecule has 0 heterocycles. The lowest BCUT2D eigenvalue weighted by atomic mass is 10.1. The lowest BCUT2D eigenvalue weighted by Crippen LogP contribution is -2.37. The van der Waals surface area contributed by atoms with Gasteiger partial charge in [0.2, 0.25) is 0 Å². The number of rotatable bonds is 5. The van der Waals surface area contributed by atoms with Gasteiger partial charge in [0, 0.05) is 19.2 Å². The van der Waals surface area contributed by atoms with Gasteiger partial charge in [0.25, 0.3) is 5.91 Å². The molecule has 106 valence electrons. The summed E-state index contributed by atoms with van der Waals surface area (Å²) >= 11 is 0. The largest absolute Gasteiger partial charge is 0.357 e. The third kappa shape index (κ3) is 5.02. The molecule has 1 rings (SSSR count). The van der Waals surface area contributed by atoms with Crippen molar-refractivity contribution in [1.82, 2.24) is 16.0 Å². The Labute approximate surface area is 119 Å². The van der Waals surface area contributed by atoms with E-state index in [4.69, 9.17) is 6.42 Å². The molecule has 1 aromatic carbocycles. The predicted octanol–water partition coefficient (Wildman–Crippen LogP) is 0.734. The molecule has 1 aromatic rings. The van der Waals surface area contributed by atoms with E-state index in [1.807, 2.05) is 19.1 Å². The zero-order chi connectivity index (χ0) is 14.8. The molecule has 0 unspecified atom stereocenters. The highest BCUT2D eigenvalue weighted by atomic mass is 16.1. The minimum Gasteiger partial charge on any atom is -0.357 e. The number of aliphatic imine (C=N–C) groups is 1. The number of amides is 1. The summed E-state index contributed by atoms with van der Waals surface area (Å²) in [5, 5.41) is 8.71. The molecule has 0 saturated carbocycles. The predicted molar refractivity (Wildman–Crippen MR) is 81.5 cm³/mol. The molecule has 5 heteroatoms. The third-order valence-corrected chi connectivity index (χ3v) is 2.57. The number of benzene rings is 1. The Morgan fingerprint density at radius 2 is 2.00 bits per heavy atom. The summed E-state index contributed by atoms with van der Waals surface area (Å²) in [5.74, 6) is 3.09. The van der Waals surface area contributed by atoms with Crippen LogP contribution in [0.5, 0.6) is 0 Å². The van der Waals surface area contributed by atoms with Crippen molar-refractivity contribution in [1.29, 1.82) is 0 Å². The lowest BCUT2D eigenvalue weighted by molar-refractivity contribution is 0.0963. The minimum atomic E-state index is -0.0934. The van der Waals surface area contributed by atoms with Gasteiger partial charge in [0.05, 0.1) is 13.1 Å². The summed E-state index contributed by atoms with van der Waals surface area (Å²) in [4.78, 5) is 15.8. The Bertz CT molecular complexity index is 500. The summed E-state index contributed by atoms with van der Waals surface area (Å²) in [5.41, 5.74) is 1.66. The first-order valence-electron chi connectivity index (χ1n) is 6.48. The first kappa shape index (κ1) is 15.6. The average molecular weight is 272 g/mol. The topological polar surface area (TPSA) is 65.5 Å². The van der Waals surface area contributed by atoms with Gasteiger partial charge in [0.15, 0.2) is 5.96 Å². The van der Waals surface area contributed by atoms with Gasteiger partial charge >= 0.3 is 0 Å². The molecular formula is C15H20N4O. The number of guanidine groups is 1. The summed E-state index contributed by atoms with van der Waals surface area (Å²) < 4.78 is 0. The monoisotopic (exact) mass is 272 g/mol. The molecular weight excluding hydrogens is 252 g/mol. The normalized spacial score (nSPS) is 10.6. The van der Waals surface area contributed by atoms with E-state index in [2.05, 4.69) is 26.9 Å². The second-order valence-corrected chi connectivity index (χ2v) is 4.03. The zero-order valence-corrected chi connectivity index (χ0v) is 11.9. The van der Waals surface area contributed by atoms with E-state index < -0.39 is 0 Å². The van der Waals surface area contributed by atoms with Crippen molar-refractivity contribution in [3.05, 3.63) is 35.4 Å². The van der Waals surface area contributed by atoms with Crippen LogP contribution in [-0.2, 0) is 6.54 Å². The summed E-state index contributed by atoms with van der Waals surface area (Å²) in [7, 11) is 1.61. The van der Waals surface area contributed by atoms with Crippen LogP contribution in [0.2, 0.25) is 0 Å². The van der Waals surface area contributed by atoms with Crippen LogP contribution in [0, 0.1) is 12.3 Å². The highest BCUT2D eigenvalue weighted by Gasteiger charge is 2.02. The van der Waals surface area contributed by atoms with Crippen LogP contribution in [0.25, 0.3) is 0 Å². The molecule has 3 N–H and O–H groups in total. The maximum atomic E-state index is 11.4. The van der Waals surface area contributed by atoms with E-state index in [-0.39, 0.29) is 5.91 Å². The van der Waals surface area contributed by atoms with Gasteiger partial charge in [0.1, 0.15) is 0 Å². The number of nitrogens with zero attached hydrogens (tertiary/aromatic N) is 1. The second-order valence-electron chi connectivity index (χ2n) is 4.03. The number of carbonyl (C=O) groups is 1. The minimum absolute atomic E-state index is 0.0934. The average Bonchev–Trinajstić information content (AvgIpc) is 2.49. The highest BCUT2D eigenvalue weighted by molar-refractivity contribution is 5.93. The van der Waals surface area contributed by atoms with Crippen LogP contribution < -0.4 is 16.0 Å². The Balaban J connectivity index is 2.66. The van der Waals surface area contributed by atoms with Crippen molar-refractivity contribution in [2.75, 3.05) is 20.1 Å². The van der Waals surface area contributed by atoms with Crippen molar-refractivity contribution in [3.63, 3.8) is 0 Å². The standard InChI is InChI=1S/C15H20N4O/c1-4-10-18-15(17-5-2)19-11-12-6-8-13(9-7-12)14(20)16-3/h1,6-9H,5,10-11H2,2-3H3,(H,16,20)(H2,17,18,19). The van der Waals surface area contributed by atoms with Crippen molar-refractivity contribution < 1.29 is 4.79 Å². The molecule has 0 atom stereocenters. The van der Waals surface area contributed by atoms with E-state index in [1.165, 1.54) is 0 Å². The number of hydrogen-bond donors (Lipinski definition) is 3. The smallest absolute Gasteiger partial charge is 0.251 e. The fourth-order valence-corrected chi connectivity index (χ4v) is 1.55. The molecule has 0 aromatic heterocycles. The number of carbonyl (C=O) groups excluding carboxylic acids is 1. The third-order valence-electron chi connectivity index (χ3n) is 2.57. The van der Waals surface area contributed by atoms with Crippen molar-refractivity contribution in [2.45, 2.75) is 13.5 Å². The maximum Gasteiger partial charge on any atom is 0.251 e. The van der Waals surface area contributed by atoms with Crippen LogP contribution >= 0.6 is 0 Å². The van der Waals surface area contributed by atoms with Gasteiger partial charge in [-0.25, -0.2) is 4.99 Å². The second kappa shape index (κ2) is 8.59. The lowest BCUT2D eigenvalue weighted by Gasteiger charge is -2.08. The van der Waals surface area contributed by atoms with Crippen LogP contribution in [0.3, 0.4) is 0 Å². The zero-order valence-electron chi connectivity index (χ0n) is 11.9. The first-order valence-corrected chi connectivity index (χ1v) is 6.48. The van der Waals surface area contributed by atoms with Crippen LogP contribution in [0.1, 0.15) is 22.8 Å². The molecule has 0 fully saturated rings. The van der Waals surface area contributed by atoms with E-state index in [1.54, 1.807) is 19.2 Å². The number of terminal acetylenes is 1. The van der Waals surface area contributed by atoms with Crippen molar-refractivity contribution in [2.24, 2.45) is 4.99 Å². The Hall–Kier alpha value is -2.48. The molecule has 0 spiro atoms. The number of nitrogens with one attached hydrogen (secondary N) is 3. The quantitative estimate of drug-likeness (QED) is 0.421. The maximum absolute atomic E-state index is 11.4. The molecule has 0 bridgehead atoms.